The summed E-state index contributed by atoms with van der Waals surface area (Å²) in [4.78, 5) is 17.6. The summed E-state index contributed by atoms with van der Waals surface area (Å²) in [6, 6.07) is 32.0. The van der Waals surface area contributed by atoms with Crippen molar-refractivity contribution in [3.63, 3.8) is 0 Å². The monoisotopic (exact) mass is 525 g/mol. The summed E-state index contributed by atoms with van der Waals surface area (Å²) in [5, 5.41) is 3.06. The van der Waals surface area contributed by atoms with E-state index in [9.17, 15) is 18.0 Å². The van der Waals surface area contributed by atoms with Crippen LogP contribution in [-0.2, 0) is 11.6 Å². The number of hydrogen-bond acceptors (Lipinski definition) is 2. The van der Waals surface area contributed by atoms with Crippen LogP contribution in [0, 0.1) is 0 Å². The number of hydrogen-bond donors (Lipinski definition) is 1. The SMILES string of the molecule is CC(CNC(=O)c1cncn1-c1cccc(-c2ccccc2C(F)(F)F)c1)(c1ccccc1)c1ccccc1. The van der Waals surface area contributed by atoms with Crippen LogP contribution in [0.25, 0.3) is 16.8 Å². The molecule has 0 aliphatic rings. The molecule has 0 fully saturated rings. The van der Waals surface area contributed by atoms with E-state index in [1.165, 1.54) is 24.7 Å². The van der Waals surface area contributed by atoms with Crippen LogP contribution in [-0.4, -0.2) is 22.0 Å². The third-order valence-corrected chi connectivity index (χ3v) is 6.96. The van der Waals surface area contributed by atoms with Gasteiger partial charge in [0.15, 0.2) is 0 Å². The zero-order chi connectivity index (χ0) is 27.5. The largest absolute Gasteiger partial charge is 0.417 e. The number of nitrogens with zero attached hydrogens (tertiary/aromatic N) is 2. The Morgan fingerprint density at radius 2 is 1.44 bits per heavy atom. The van der Waals surface area contributed by atoms with E-state index >= 15 is 0 Å². The topological polar surface area (TPSA) is 46.9 Å². The van der Waals surface area contributed by atoms with Gasteiger partial charge in [0.1, 0.15) is 5.69 Å². The van der Waals surface area contributed by atoms with Gasteiger partial charge < -0.3 is 5.32 Å². The van der Waals surface area contributed by atoms with Gasteiger partial charge in [0.2, 0.25) is 0 Å². The molecular weight excluding hydrogens is 499 g/mol. The van der Waals surface area contributed by atoms with Crippen LogP contribution in [0.4, 0.5) is 13.2 Å². The highest BCUT2D eigenvalue weighted by atomic mass is 19.4. The highest BCUT2D eigenvalue weighted by Gasteiger charge is 2.33. The Hall–Kier alpha value is -4.65. The third-order valence-electron chi connectivity index (χ3n) is 6.96. The molecule has 0 atom stereocenters. The number of imidazole rings is 1. The molecule has 0 saturated heterocycles. The Morgan fingerprint density at radius 3 is 2.08 bits per heavy atom. The average molecular weight is 526 g/mol. The second kappa shape index (κ2) is 10.6. The summed E-state index contributed by atoms with van der Waals surface area (Å²) in [5.74, 6) is -0.341. The van der Waals surface area contributed by atoms with Crippen molar-refractivity contribution < 1.29 is 18.0 Å². The summed E-state index contributed by atoms with van der Waals surface area (Å²) in [6.45, 7) is 2.40. The first-order chi connectivity index (χ1) is 18.8. The van der Waals surface area contributed by atoms with Crippen molar-refractivity contribution in [1.82, 2.24) is 14.9 Å². The number of carbonyl (C=O) groups is 1. The molecule has 7 heteroatoms. The van der Waals surface area contributed by atoms with Gasteiger partial charge in [-0.3, -0.25) is 9.36 Å². The smallest absolute Gasteiger partial charge is 0.349 e. The molecule has 0 unspecified atom stereocenters. The summed E-state index contributed by atoms with van der Waals surface area (Å²) in [7, 11) is 0. The molecule has 0 saturated carbocycles. The summed E-state index contributed by atoms with van der Waals surface area (Å²) >= 11 is 0. The van der Waals surface area contributed by atoms with E-state index in [-0.39, 0.29) is 17.2 Å². The van der Waals surface area contributed by atoms with Gasteiger partial charge in [-0.15, -0.1) is 0 Å². The second-order valence-corrected chi connectivity index (χ2v) is 9.49. The predicted octanol–water partition coefficient (Wildman–Crippen LogP) is 7.29. The van der Waals surface area contributed by atoms with E-state index in [1.807, 2.05) is 60.7 Å². The van der Waals surface area contributed by atoms with Gasteiger partial charge >= 0.3 is 6.18 Å². The average Bonchev–Trinajstić information content (AvgIpc) is 3.47. The zero-order valence-electron chi connectivity index (χ0n) is 21.2. The molecule has 1 aromatic heterocycles. The van der Waals surface area contributed by atoms with Gasteiger partial charge in [-0.2, -0.15) is 13.2 Å². The Morgan fingerprint density at radius 1 is 0.821 bits per heavy atom. The Kier molecular flexibility index (Phi) is 7.07. The first-order valence-corrected chi connectivity index (χ1v) is 12.5. The number of nitrogens with one attached hydrogen (secondary N) is 1. The van der Waals surface area contributed by atoms with Crippen molar-refractivity contribution in [2.24, 2.45) is 0 Å². The number of benzene rings is 4. The normalized spacial score (nSPS) is 11.8. The molecule has 39 heavy (non-hydrogen) atoms. The molecule has 5 aromatic rings. The number of alkyl halides is 3. The third kappa shape index (κ3) is 5.34. The van der Waals surface area contributed by atoms with Crippen molar-refractivity contribution >= 4 is 5.91 Å². The molecule has 1 N–H and O–H groups in total. The molecule has 0 bridgehead atoms. The van der Waals surface area contributed by atoms with Crippen LogP contribution in [0.15, 0.2) is 122 Å². The minimum atomic E-state index is -4.49. The number of amides is 1. The molecule has 0 spiro atoms. The highest BCUT2D eigenvalue weighted by molar-refractivity contribution is 5.93. The molecule has 0 aliphatic heterocycles. The lowest BCUT2D eigenvalue weighted by molar-refractivity contribution is -0.137. The van der Waals surface area contributed by atoms with Crippen molar-refractivity contribution in [2.45, 2.75) is 18.5 Å². The van der Waals surface area contributed by atoms with Crippen molar-refractivity contribution in [2.75, 3.05) is 6.54 Å². The fourth-order valence-corrected chi connectivity index (χ4v) is 4.80. The zero-order valence-corrected chi connectivity index (χ0v) is 21.2. The maximum absolute atomic E-state index is 13.6. The van der Waals surface area contributed by atoms with Gasteiger partial charge in [0.25, 0.3) is 5.91 Å². The quantitative estimate of drug-likeness (QED) is 0.243. The summed E-state index contributed by atoms with van der Waals surface area (Å²) in [6.07, 6.45) is -1.55. The van der Waals surface area contributed by atoms with Crippen LogP contribution in [0.5, 0.6) is 0 Å². The minimum Gasteiger partial charge on any atom is -0.349 e. The number of rotatable bonds is 7. The van der Waals surface area contributed by atoms with Crippen LogP contribution in [0.3, 0.4) is 0 Å². The number of aromatic nitrogens is 2. The molecule has 4 aromatic carbocycles. The standard InChI is InChI=1S/C32H26F3N3O/c1-31(24-12-4-2-5-13-24,25-14-6-3-7-15-25)21-37-30(39)29-20-36-22-38(29)26-16-10-11-23(19-26)27-17-8-9-18-28(27)32(33,34)35/h2-20,22H,21H2,1H3,(H,37,39). The van der Waals surface area contributed by atoms with Crippen molar-refractivity contribution in [3.8, 4) is 16.8 Å². The fraction of sp³-hybridized carbons (Fsp3) is 0.125. The van der Waals surface area contributed by atoms with E-state index in [0.29, 0.717) is 17.8 Å². The lowest BCUT2D eigenvalue weighted by atomic mass is 9.76. The Bertz CT molecular complexity index is 1540. The second-order valence-electron chi connectivity index (χ2n) is 9.49. The molecule has 5 rings (SSSR count). The van der Waals surface area contributed by atoms with Crippen LogP contribution in [0.1, 0.15) is 34.1 Å². The Labute approximate surface area is 224 Å². The van der Waals surface area contributed by atoms with Gasteiger partial charge in [-0.1, -0.05) is 91.0 Å². The molecule has 4 nitrogen and oxygen atoms in total. The molecular formula is C32H26F3N3O. The maximum atomic E-state index is 13.6. The fourth-order valence-electron chi connectivity index (χ4n) is 4.80. The van der Waals surface area contributed by atoms with Crippen LogP contribution >= 0.6 is 0 Å². The van der Waals surface area contributed by atoms with Crippen LogP contribution < -0.4 is 5.32 Å². The van der Waals surface area contributed by atoms with E-state index in [0.717, 1.165) is 17.2 Å². The maximum Gasteiger partial charge on any atom is 0.417 e. The van der Waals surface area contributed by atoms with E-state index < -0.39 is 17.2 Å². The minimum absolute atomic E-state index is 0.0689. The number of halogens is 3. The van der Waals surface area contributed by atoms with E-state index in [1.54, 1.807) is 34.9 Å². The highest BCUT2D eigenvalue weighted by Crippen LogP contribution is 2.37. The van der Waals surface area contributed by atoms with E-state index in [4.69, 9.17) is 0 Å². The van der Waals surface area contributed by atoms with E-state index in [2.05, 4.69) is 17.2 Å². The molecule has 196 valence electrons. The first-order valence-electron chi connectivity index (χ1n) is 12.5. The first kappa shape index (κ1) is 26.0. The predicted molar refractivity (Wildman–Crippen MR) is 146 cm³/mol. The van der Waals surface area contributed by atoms with Crippen molar-refractivity contribution in [1.29, 1.82) is 0 Å². The van der Waals surface area contributed by atoms with Crippen LogP contribution in [0.2, 0.25) is 0 Å². The summed E-state index contributed by atoms with van der Waals surface area (Å²) < 4.78 is 42.5. The molecule has 0 radical (unpaired) electrons. The number of carbonyl (C=O) groups excluding carboxylic acids is 1. The lowest BCUT2D eigenvalue weighted by Gasteiger charge is -2.31. The Balaban J connectivity index is 1.44. The van der Waals surface area contributed by atoms with Gasteiger partial charge in [-0.25, -0.2) is 4.98 Å². The lowest BCUT2D eigenvalue weighted by Crippen LogP contribution is -2.40. The molecule has 1 heterocycles. The van der Waals surface area contributed by atoms with Gasteiger partial charge in [-0.05, 0) is 47.4 Å². The van der Waals surface area contributed by atoms with Gasteiger partial charge in [0, 0.05) is 17.6 Å². The molecule has 1 amide bonds. The molecule has 0 aliphatic carbocycles. The van der Waals surface area contributed by atoms with Crippen molar-refractivity contribution in [3.05, 3.63) is 144 Å². The summed E-state index contributed by atoms with van der Waals surface area (Å²) in [5.41, 5.74) is 2.17. The van der Waals surface area contributed by atoms with Gasteiger partial charge in [0.05, 0.1) is 18.1 Å².